The fraction of sp³-hybridized carbons (Fsp3) is 0.273. The van der Waals surface area contributed by atoms with E-state index in [1.807, 2.05) is 61.0 Å². The second kappa shape index (κ2) is 7.06. The maximum absolute atomic E-state index is 13.5. The molecule has 1 aliphatic heterocycles. The van der Waals surface area contributed by atoms with Gasteiger partial charge in [0, 0.05) is 19.2 Å². The monoisotopic (exact) mass is 398 g/mol. The van der Waals surface area contributed by atoms with Crippen LogP contribution in [0.25, 0.3) is 28.9 Å². The van der Waals surface area contributed by atoms with Crippen molar-refractivity contribution in [2.24, 2.45) is 7.05 Å². The molecule has 0 amide bonds. The molecule has 0 bridgehead atoms. The molecule has 1 aliphatic rings. The molecule has 0 saturated heterocycles. The number of halogens is 3. The minimum atomic E-state index is -4.41. The van der Waals surface area contributed by atoms with Gasteiger partial charge in [-0.1, -0.05) is 36.4 Å². The lowest BCUT2D eigenvalue weighted by Gasteiger charge is -2.30. The van der Waals surface area contributed by atoms with E-state index < -0.39 is 11.9 Å². The Bertz CT molecular complexity index is 1080. The molecule has 0 spiro atoms. The van der Waals surface area contributed by atoms with Gasteiger partial charge in [-0.05, 0) is 31.6 Å². The van der Waals surface area contributed by atoms with Gasteiger partial charge < -0.3 is 9.47 Å². The zero-order valence-corrected chi connectivity index (χ0v) is 16.5. The molecule has 0 N–H and O–H groups in total. The highest BCUT2D eigenvalue weighted by Crippen LogP contribution is 2.37. The van der Waals surface area contributed by atoms with Crippen LogP contribution in [0.4, 0.5) is 13.2 Å². The predicted octanol–water partition coefficient (Wildman–Crippen LogP) is 5.20. The summed E-state index contributed by atoms with van der Waals surface area (Å²) >= 11 is 0. The smallest absolute Gasteiger partial charge is 0.362 e. The van der Waals surface area contributed by atoms with Crippen LogP contribution in [0.1, 0.15) is 23.9 Å². The second-order valence-electron chi connectivity index (χ2n) is 7.10. The predicted molar refractivity (Wildman–Crippen MR) is 107 cm³/mol. The Labute approximate surface area is 167 Å². The van der Waals surface area contributed by atoms with Crippen molar-refractivity contribution >= 4 is 6.08 Å². The minimum Gasteiger partial charge on any atom is -0.362 e. The van der Waals surface area contributed by atoms with E-state index in [0.717, 1.165) is 28.6 Å². The van der Waals surface area contributed by atoms with Crippen molar-refractivity contribution in [1.82, 2.24) is 19.4 Å². The van der Waals surface area contributed by atoms with Gasteiger partial charge in [-0.3, -0.25) is 0 Å². The molecular formula is C22H21F3N4. The van der Waals surface area contributed by atoms with Crippen LogP contribution < -0.4 is 0 Å². The summed E-state index contributed by atoms with van der Waals surface area (Å²) in [6.07, 6.45) is -3.27. The molecule has 0 atom stereocenters. The molecule has 4 nitrogen and oxygen atoms in total. The molecule has 0 unspecified atom stereocenters. The van der Waals surface area contributed by atoms with Gasteiger partial charge >= 0.3 is 6.18 Å². The molecule has 3 heterocycles. The van der Waals surface area contributed by atoms with Crippen LogP contribution in [0.5, 0.6) is 0 Å². The summed E-state index contributed by atoms with van der Waals surface area (Å²) in [7, 11) is 1.83. The summed E-state index contributed by atoms with van der Waals surface area (Å²) in [5.74, 6) is 0.570. The van der Waals surface area contributed by atoms with Gasteiger partial charge in [-0.15, -0.1) is 0 Å². The molecule has 29 heavy (non-hydrogen) atoms. The summed E-state index contributed by atoms with van der Waals surface area (Å²) < 4.78 is 42.2. The summed E-state index contributed by atoms with van der Waals surface area (Å²) in [6, 6.07) is 13.7. The van der Waals surface area contributed by atoms with E-state index in [9.17, 15) is 13.2 Å². The van der Waals surface area contributed by atoms with E-state index in [4.69, 9.17) is 4.98 Å². The van der Waals surface area contributed by atoms with Crippen LogP contribution in [0, 0.1) is 6.92 Å². The molecule has 0 saturated carbocycles. The van der Waals surface area contributed by atoms with Gasteiger partial charge in [-0.2, -0.15) is 13.2 Å². The normalized spacial score (nSPS) is 14.0. The first kappa shape index (κ1) is 19.2. The van der Waals surface area contributed by atoms with Gasteiger partial charge in [0.2, 0.25) is 0 Å². The Kier molecular flexibility index (Phi) is 4.68. The number of rotatable bonds is 3. The lowest BCUT2D eigenvalue weighted by Crippen LogP contribution is -2.34. The Balaban J connectivity index is 1.83. The first-order chi connectivity index (χ1) is 13.8. The summed E-state index contributed by atoms with van der Waals surface area (Å²) in [5, 5.41) is 0. The fourth-order valence-electron chi connectivity index (χ4n) is 3.62. The first-order valence-electron chi connectivity index (χ1n) is 9.42. The van der Waals surface area contributed by atoms with Crippen LogP contribution >= 0.6 is 0 Å². The molecule has 0 aliphatic carbocycles. The maximum Gasteiger partial charge on any atom is 0.431 e. The van der Waals surface area contributed by atoms with Crippen LogP contribution in [0.2, 0.25) is 0 Å². The van der Waals surface area contributed by atoms with Crippen molar-refractivity contribution < 1.29 is 13.2 Å². The van der Waals surface area contributed by atoms with Crippen molar-refractivity contribution in [3.05, 3.63) is 65.1 Å². The van der Waals surface area contributed by atoms with Crippen molar-refractivity contribution in [1.29, 1.82) is 0 Å². The molecule has 150 valence electrons. The lowest BCUT2D eigenvalue weighted by molar-refractivity contribution is -0.111. The number of nitrogens with zero attached hydrogens (tertiary/aromatic N) is 4. The number of imidazole rings is 1. The summed E-state index contributed by atoms with van der Waals surface area (Å²) in [6.45, 7) is 4.08. The average Bonchev–Trinajstić information content (AvgIpc) is 3.03. The van der Waals surface area contributed by atoms with E-state index >= 15 is 0 Å². The molecule has 7 heteroatoms. The Hall–Kier alpha value is -3.09. The lowest BCUT2D eigenvalue weighted by atomic mass is 10.1. The van der Waals surface area contributed by atoms with Gasteiger partial charge in [0.15, 0.2) is 5.82 Å². The molecule has 0 radical (unpaired) electrons. The van der Waals surface area contributed by atoms with Crippen molar-refractivity contribution in [2.75, 3.05) is 6.54 Å². The first-order valence-corrected chi connectivity index (χ1v) is 9.42. The number of alkyl halides is 3. The zero-order chi connectivity index (χ0) is 20.8. The third kappa shape index (κ3) is 3.41. The highest BCUT2D eigenvalue weighted by Gasteiger charge is 2.40. The van der Waals surface area contributed by atoms with Crippen molar-refractivity contribution in [3.63, 3.8) is 0 Å². The molecule has 3 aromatic rings. The summed E-state index contributed by atoms with van der Waals surface area (Å²) in [4.78, 5) is 10.7. The van der Waals surface area contributed by atoms with E-state index in [1.165, 1.54) is 4.90 Å². The average molecular weight is 398 g/mol. The number of hydrogen-bond donors (Lipinski definition) is 0. The second-order valence-corrected chi connectivity index (χ2v) is 7.10. The molecule has 0 fully saturated rings. The summed E-state index contributed by atoms with van der Waals surface area (Å²) in [5.41, 5.74) is 3.82. The number of allylic oxidation sites excluding steroid dienone is 1. The third-order valence-corrected chi connectivity index (χ3v) is 5.25. The Morgan fingerprint density at radius 2 is 1.76 bits per heavy atom. The number of pyridine rings is 1. The van der Waals surface area contributed by atoms with E-state index in [0.29, 0.717) is 17.2 Å². The molecule has 4 rings (SSSR count). The van der Waals surface area contributed by atoms with E-state index in [1.54, 1.807) is 6.92 Å². The van der Waals surface area contributed by atoms with E-state index in [2.05, 4.69) is 4.98 Å². The number of fused-ring (bicyclic) bond motifs is 1. The number of aromatic nitrogens is 3. The van der Waals surface area contributed by atoms with Gasteiger partial charge in [-0.25, -0.2) is 9.97 Å². The largest absolute Gasteiger partial charge is 0.431 e. The van der Waals surface area contributed by atoms with Crippen LogP contribution in [0.3, 0.4) is 0 Å². The molecular weight excluding hydrogens is 377 g/mol. The highest BCUT2D eigenvalue weighted by atomic mass is 19.4. The maximum atomic E-state index is 13.5. The van der Waals surface area contributed by atoms with Crippen molar-refractivity contribution in [3.8, 4) is 22.8 Å². The number of aryl methyl sites for hydroxylation is 1. The van der Waals surface area contributed by atoms with Gasteiger partial charge in [0.25, 0.3) is 0 Å². The molecule has 2 aromatic heterocycles. The fourth-order valence-corrected chi connectivity index (χ4v) is 3.62. The van der Waals surface area contributed by atoms with Crippen LogP contribution in [0.15, 0.2) is 48.2 Å². The zero-order valence-electron chi connectivity index (χ0n) is 16.5. The Morgan fingerprint density at radius 1 is 1.03 bits per heavy atom. The van der Waals surface area contributed by atoms with Gasteiger partial charge in [0.1, 0.15) is 11.4 Å². The van der Waals surface area contributed by atoms with Crippen LogP contribution in [-0.2, 0) is 13.6 Å². The number of benzene rings is 1. The minimum absolute atomic E-state index is 0.165. The topological polar surface area (TPSA) is 34.0 Å². The van der Waals surface area contributed by atoms with Crippen molar-refractivity contribution in [2.45, 2.75) is 26.6 Å². The third-order valence-electron chi connectivity index (χ3n) is 5.25. The SMILES string of the molecule is CCN1Cc2c(nc(-c3nc(-c4ccccc4)ccc3C)n2C)C=C1C(F)(F)F. The van der Waals surface area contributed by atoms with Gasteiger partial charge in [0.05, 0.1) is 23.6 Å². The Morgan fingerprint density at radius 3 is 2.41 bits per heavy atom. The molecule has 1 aromatic carbocycles. The number of hydrogen-bond acceptors (Lipinski definition) is 3. The highest BCUT2D eigenvalue weighted by molar-refractivity contribution is 5.67. The van der Waals surface area contributed by atoms with Crippen LogP contribution in [-0.4, -0.2) is 32.2 Å². The van der Waals surface area contributed by atoms with E-state index in [-0.39, 0.29) is 13.1 Å². The standard InChI is InChI=1S/C22H21F3N4/c1-4-29-13-18-17(12-19(29)22(23,24)25)27-21(28(18)3)20-14(2)10-11-16(26-20)15-8-6-5-7-9-15/h5-12H,4,13H2,1-3H3. The quantitative estimate of drug-likeness (QED) is 0.608.